The maximum atomic E-state index is 12.3. The summed E-state index contributed by atoms with van der Waals surface area (Å²) in [5, 5.41) is 18.6. The molecular formula is C16H19N3O5S2. The maximum absolute atomic E-state index is 12.3. The van der Waals surface area contributed by atoms with E-state index in [2.05, 4.69) is 15.1 Å². The Kier molecular flexibility index (Phi) is 5.82. The molecule has 0 saturated carbocycles. The largest absolute Gasteiger partial charge is 0.538 e. The molecule has 0 fully saturated rings. The van der Waals surface area contributed by atoms with E-state index in [0.29, 0.717) is 10.6 Å². The number of thiophene rings is 1. The minimum atomic E-state index is -0.580. The molecule has 0 spiro atoms. The number of anilines is 1. The summed E-state index contributed by atoms with van der Waals surface area (Å²) in [6, 6.07) is 0. The lowest BCUT2D eigenvalue weighted by molar-refractivity contribution is -0.772. The maximum Gasteiger partial charge on any atom is 0.341 e. The highest BCUT2D eigenvalue weighted by atomic mass is 32.2. The molecule has 0 bridgehead atoms. The summed E-state index contributed by atoms with van der Waals surface area (Å²) in [5.74, 6) is -1.31. The van der Waals surface area contributed by atoms with Crippen molar-refractivity contribution in [2.24, 2.45) is 7.05 Å². The molecule has 0 aliphatic heterocycles. The van der Waals surface area contributed by atoms with E-state index in [1.165, 1.54) is 23.1 Å². The van der Waals surface area contributed by atoms with Crippen LogP contribution in [0.15, 0.2) is 9.55 Å². The van der Waals surface area contributed by atoms with Crippen molar-refractivity contribution in [1.82, 2.24) is 5.27 Å². The molecule has 2 aromatic heterocycles. The van der Waals surface area contributed by atoms with Crippen molar-refractivity contribution < 1.29 is 28.6 Å². The summed E-state index contributed by atoms with van der Waals surface area (Å²) in [4.78, 5) is 25.7. The number of amides is 1. The molecule has 1 amide bonds. The fraction of sp³-hybridized carbons (Fsp3) is 0.500. The minimum Gasteiger partial charge on any atom is -0.538 e. The summed E-state index contributed by atoms with van der Waals surface area (Å²) in [7, 11) is 2.91. The number of hydrogen-bond acceptors (Lipinski definition) is 8. The molecule has 8 nitrogen and oxygen atoms in total. The molecule has 0 radical (unpaired) electrons. The number of methoxy groups -OCH3 is 1. The van der Waals surface area contributed by atoms with E-state index < -0.39 is 11.9 Å². The number of carbonyl (C=O) groups excluding carboxylic acids is 2. The van der Waals surface area contributed by atoms with Gasteiger partial charge in [-0.15, -0.1) is 11.3 Å². The second kappa shape index (κ2) is 8.09. The van der Waals surface area contributed by atoms with Gasteiger partial charge in [0.1, 0.15) is 5.00 Å². The van der Waals surface area contributed by atoms with Gasteiger partial charge in [-0.1, -0.05) is 11.1 Å². The highest BCUT2D eigenvalue weighted by Crippen LogP contribution is 2.38. The Bertz CT molecular complexity index is 811. The molecule has 0 unspecified atom stereocenters. The number of ether oxygens (including phenoxy) is 1. The van der Waals surface area contributed by atoms with Crippen LogP contribution in [0.25, 0.3) is 0 Å². The molecule has 10 heteroatoms. The predicted molar refractivity (Wildman–Crippen MR) is 93.4 cm³/mol. The zero-order chi connectivity index (χ0) is 18.7. The molecule has 26 heavy (non-hydrogen) atoms. The second-order valence-corrected chi connectivity index (χ2v) is 7.96. The number of fused-ring (bicyclic) bond motifs is 1. The number of esters is 1. The Morgan fingerprint density at radius 3 is 2.85 bits per heavy atom. The van der Waals surface area contributed by atoms with Crippen LogP contribution in [0, 0.1) is 0 Å². The average molecular weight is 397 g/mol. The van der Waals surface area contributed by atoms with Crippen molar-refractivity contribution in [3.05, 3.63) is 16.0 Å². The fourth-order valence-electron chi connectivity index (χ4n) is 2.90. The number of carbonyl (C=O) groups is 2. The van der Waals surface area contributed by atoms with Crippen molar-refractivity contribution >= 4 is 40.0 Å². The smallest absolute Gasteiger partial charge is 0.341 e. The van der Waals surface area contributed by atoms with Crippen molar-refractivity contribution in [1.29, 1.82) is 0 Å². The van der Waals surface area contributed by atoms with Crippen LogP contribution in [0.4, 0.5) is 5.00 Å². The molecule has 2 heterocycles. The lowest BCUT2D eigenvalue weighted by Gasteiger charge is -2.07. The van der Waals surface area contributed by atoms with Gasteiger partial charge in [0.2, 0.25) is 5.91 Å². The normalized spacial score (nSPS) is 13.8. The van der Waals surface area contributed by atoms with Gasteiger partial charge in [-0.25, -0.2) is 4.79 Å². The van der Waals surface area contributed by atoms with Gasteiger partial charge in [0.15, 0.2) is 13.0 Å². The Labute approximate surface area is 158 Å². The summed E-state index contributed by atoms with van der Waals surface area (Å²) >= 11 is 2.47. The van der Waals surface area contributed by atoms with Crippen LogP contribution >= 0.6 is 23.1 Å². The van der Waals surface area contributed by atoms with E-state index >= 15 is 0 Å². The lowest BCUT2D eigenvalue weighted by Crippen LogP contribution is -2.32. The molecule has 3 rings (SSSR count). The Balaban J connectivity index is 1.76. The van der Waals surface area contributed by atoms with Crippen molar-refractivity contribution in [2.45, 2.75) is 37.1 Å². The molecular weight excluding hydrogens is 378 g/mol. The summed E-state index contributed by atoms with van der Waals surface area (Å²) in [6.45, 7) is 0. The number of nitrogens with zero attached hydrogens (tertiary/aromatic N) is 2. The van der Waals surface area contributed by atoms with Gasteiger partial charge in [-0.2, -0.15) is 0 Å². The van der Waals surface area contributed by atoms with Crippen molar-refractivity contribution in [3.63, 3.8) is 0 Å². The number of nitrogens with one attached hydrogen (secondary N) is 1. The third kappa shape index (κ3) is 3.85. The Morgan fingerprint density at radius 1 is 1.38 bits per heavy atom. The van der Waals surface area contributed by atoms with E-state index in [4.69, 9.17) is 4.74 Å². The molecule has 1 N–H and O–H groups in total. The van der Waals surface area contributed by atoms with E-state index in [0.717, 1.165) is 54.3 Å². The highest BCUT2D eigenvalue weighted by molar-refractivity contribution is 7.99. The first-order chi connectivity index (χ1) is 12.5. The first-order valence-electron chi connectivity index (χ1n) is 8.19. The molecule has 0 saturated heterocycles. The first-order valence-corrected chi connectivity index (χ1v) is 10.00. The monoisotopic (exact) mass is 397 g/mol. The number of aromatic nitrogens is 2. The third-order valence-electron chi connectivity index (χ3n) is 4.12. The van der Waals surface area contributed by atoms with Gasteiger partial charge in [0.25, 0.3) is 5.03 Å². The minimum absolute atomic E-state index is 0.00741. The lowest BCUT2D eigenvalue weighted by atomic mass is 10.1. The topological polar surface area (TPSA) is 108 Å². The van der Waals surface area contributed by atoms with Gasteiger partial charge < -0.3 is 19.7 Å². The molecule has 1 aliphatic rings. The zero-order valence-corrected chi connectivity index (χ0v) is 16.1. The Hall–Kier alpha value is -2.07. The fourth-order valence-corrected chi connectivity index (χ4v) is 4.91. The number of aryl methyl sites for hydroxylation is 2. The first kappa shape index (κ1) is 18.7. The van der Waals surface area contributed by atoms with Crippen LogP contribution in [0.2, 0.25) is 0 Å². The molecule has 1 aliphatic carbocycles. The van der Waals surface area contributed by atoms with E-state index in [1.807, 2.05) is 0 Å². The Morgan fingerprint density at radius 2 is 2.15 bits per heavy atom. The number of hydrogen-bond donors (Lipinski definition) is 1. The van der Waals surface area contributed by atoms with Gasteiger partial charge in [-0.3, -0.25) is 4.79 Å². The quantitative estimate of drug-likeness (QED) is 0.352. The van der Waals surface area contributed by atoms with Crippen LogP contribution in [0.1, 0.15) is 40.1 Å². The van der Waals surface area contributed by atoms with Gasteiger partial charge in [-0.05, 0) is 43.0 Å². The molecule has 0 aromatic carbocycles. The van der Waals surface area contributed by atoms with Gasteiger partial charge in [0, 0.05) is 4.88 Å². The average Bonchev–Trinajstić information content (AvgIpc) is 3.02. The molecule has 140 valence electrons. The van der Waals surface area contributed by atoms with Gasteiger partial charge >= 0.3 is 5.97 Å². The van der Waals surface area contributed by atoms with Crippen LogP contribution in [-0.2, 0) is 29.4 Å². The van der Waals surface area contributed by atoms with E-state index in [1.54, 1.807) is 7.05 Å². The van der Waals surface area contributed by atoms with Crippen LogP contribution in [0.3, 0.4) is 0 Å². The van der Waals surface area contributed by atoms with E-state index in [9.17, 15) is 14.7 Å². The third-order valence-corrected chi connectivity index (χ3v) is 6.44. The molecule has 0 atom stereocenters. The van der Waals surface area contributed by atoms with Crippen LogP contribution < -0.4 is 15.1 Å². The predicted octanol–water partition coefficient (Wildman–Crippen LogP) is 1.42. The van der Waals surface area contributed by atoms with Gasteiger partial charge in [0.05, 0.1) is 23.7 Å². The van der Waals surface area contributed by atoms with Crippen molar-refractivity contribution in [2.75, 3.05) is 18.2 Å². The summed E-state index contributed by atoms with van der Waals surface area (Å²) in [5.41, 5.74) is 1.46. The second-order valence-electron chi connectivity index (χ2n) is 5.89. The summed E-state index contributed by atoms with van der Waals surface area (Å²) < 4.78 is 10.7. The molecule has 2 aromatic rings. The number of thioether (sulfide) groups is 1. The van der Waals surface area contributed by atoms with Crippen molar-refractivity contribution in [3.8, 4) is 5.95 Å². The number of rotatable bonds is 5. The van der Waals surface area contributed by atoms with Crippen LogP contribution in [0.5, 0.6) is 5.95 Å². The summed E-state index contributed by atoms with van der Waals surface area (Å²) in [6.07, 6.45) is 4.95. The zero-order valence-electron chi connectivity index (χ0n) is 14.5. The SMILES string of the molecule is COC(=O)c1c(NC(=O)CSc2c([O-])on[n+]2C)sc2c1CCCCC2. The van der Waals surface area contributed by atoms with Crippen LogP contribution in [-0.4, -0.2) is 30.0 Å². The standard InChI is InChI=1S/C16H19N3O5S2/c1-19-14(16(22)24-18-19)25-8-11(20)17-13-12(15(21)23-2)9-6-4-3-5-7-10(9)26-13/h3-8H2,1-2H3,(H-,17,18,20,21,22). The highest BCUT2D eigenvalue weighted by Gasteiger charge is 2.26. The van der Waals surface area contributed by atoms with E-state index in [-0.39, 0.29) is 16.7 Å².